The zero-order valence-corrected chi connectivity index (χ0v) is 18.6. The summed E-state index contributed by atoms with van der Waals surface area (Å²) in [6.07, 6.45) is -0.692. The summed E-state index contributed by atoms with van der Waals surface area (Å²) in [5.41, 5.74) is 4.57. The van der Waals surface area contributed by atoms with Gasteiger partial charge in [-0.15, -0.1) is 0 Å². The van der Waals surface area contributed by atoms with Crippen LogP contribution in [0.1, 0.15) is 50.7 Å². The molecule has 0 heterocycles. The van der Waals surface area contributed by atoms with E-state index >= 15 is 0 Å². The van der Waals surface area contributed by atoms with Crippen LogP contribution in [0, 0.1) is 5.92 Å². The van der Waals surface area contributed by atoms with Gasteiger partial charge >= 0.3 is 12.1 Å². The number of carboxylic acid groups (broad SMARTS) is 1. The Labute approximate surface area is 188 Å². The highest BCUT2D eigenvalue weighted by atomic mass is 16.5. The van der Waals surface area contributed by atoms with Crippen molar-refractivity contribution in [3.05, 3.63) is 59.7 Å². The minimum atomic E-state index is -0.964. The zero-order chi connectivity index (χ0) is 23.3. The number of amides is 2. The van der Waals surface area contributed by atoms with Crippen LogP contribution in [0.4, 0.5) is 4.79 Å². The molecule has 3 rings (SSSR count). The van der Waals surface area contributed by atoms with Gasteiger partial charge in [-0.3, -0.25) is 9.59 Å². The molecule has 0 aliphatic heterocycles. The molecule has 0 spiro atoms. The average Bonchev–Trinajstić information content (AvgIpc) is 3.05. The molecule has 0 bridgehead atoms. The van der Waals surface area contributed by atoms with Crippen LogP contribution in [0.15, 0.2) is 48.5 Å². The fourth-order valence-electron chi connectivity index (χ4n) is 4.08. The molecule has 2 amide bonds. The van der Waals surface area contributed by atoms with Crippen molar-refractivity contribution >= 4 is 18.0 Å². The largest absolute Gasteiger partial charge is 0.481 e. The third kappa shape index (κ3) is 5.66. The number of hydrogen-bond acceptors (Lipinski definition) is 4. The van der Waals surface area contributed by atoms with Crippen LogP contribution in [-0.2, 0) is 14.3 Å². The van der Waals surface area contributed by atoms with Crippen LogP contribution < -0.4 is 10.6 Å². The Bertz CT molecular complexity index is 942. The number of hydrogen-bond donors (Lipinski definition) is 3. The standard InChI is InChI=1S/C25H30N2O5/c1-15(2)22(13-24(29)30)27-23(28)12-16(3)26-25(31)32-14-21-19-10-6-4-8-17(19)18-9-5-7-11-20(18)21/h4-11,15-16,21-22H,12-14H2,1-3H3,(H,26,31)(H,27,28)(H,29,30)/t16-,22?/m0/s1. The van der Waals surface area contributed by atoms with Crippen molar-refractivity contribution in [2.24, 2.45) is 5.92 Å². The minimum absolute atomic E-state index is 0.0135. The van der Waals surface area contributed by atoms with Crippen molar-refractivity contribution in [1.29, 1.82) is 0 Å². The monoisotopic (exact) mass is 438 g/mol. The summed E-state index contributed by atoms with van der Waals surface area (Å²) in [5.74, 6) is -1.32. The van der Waals surface area contributed by atoms with E-state index in [-0.39, 0.29) is 37.2 Å². The molecule has 7 nitrogen and oxygen atoms in total. The number of fused-ring (bicyclic) bond motifs is 3. The number of alkyl carbamates (subject to hydrolysis) is 1. The molecular formula is C25H30N2O5. The van der Waals surface area contributed by atoms with Gasteiger partial charge in [0.05, 0.1) is 6.42 Å². The number of carbonyl (C=O) groups excluding carboxylic acids is 2. The predicted molar refractivity (Wildman–Crippen MR) is 121 cm³/mol. The lowest BCUT2D eigenvalue weighted by Crippen LogP contribution is -2.43. The SMILES string of the molecule is CC(C)C(CC(=O)O)NC(=O)C[C@H](C)NC(=O)OCC1c2ccccc2-c2ccccc21. The van der Waals surface area contributed by atoms with Crippen molar-refractivity contribution in [2.75, 3.05) is 6.61 Å². The predicted octanol–water partition coefficient (Wildman–Crippen LogP) is 3.92. The van der Waals surface area contributed by atoms with E-state index < -0.39 is 24.1 Å². The molecule has 1 unspecified atom stereocenters. The van der Waals surface area contributed by atoms with Crippen LogP contribution in [0.5, 0.6) is 0 Å². The number of aliphatic carboxylic acids is 1. The van der Waals surface area contributed by atoms with Gasteiger partial charge in [-0.2, -0.15) is 0 Å². The number of nitrogens with one attached hydrogen (secondary N) is 2. The van der Waals surface area contributed by atoms with Gasteiger partial charge in [-0.05, 0) is 35.1 Å². The van der Waals surface area contributed by atoms with Crippen molar-refractivity contribution in [3.8, 4) is 11.1 Å². The van der Waals surface area contributed by atoms with Gasteiger partial charge in [-0.25, -0.2) is 4.79 Å². The molecule has 2 aromatic rings. The second-order valence-electron chi connectivity index (χ2n) is 8.59. The summed E-state index contributed by atoms with van der Waals surface area (Å²) in [6, 6.07) is 15.3. The maximum atomic E-state index is 12.3. The summed E-state index contributed by atoms with van der Waals surface area (Å²) >= 11 is 0. The Hall–Kier alpha value is -3.35. The van der Waals surface area contributed by atoms with Gasteiger partial charge in [0.2, 0.25) is 5.91 Å². The van der Waals surface area contributed by atoms with Gasteiger partial charge < -0.3 is 20.5 Å². The molecule has 32 heavy (non-hydrogen) atoms. The molecule has 0 fully saturated rings. The van der Waals surface area contributed by atoms with Gasteiger partial charge in [0.1, 0.15) is 6.61 Å². The first-order chi connectivity index (χ1) is 15.3. The molecule has 2 aromatic carbocycles. The highest BCUT2D eigenvalue weighted by molar-refractivity contribution is 5.80. The van der Waals surface area contributed by atoms with Crippen LogP contribution in [0.25, 0.3) is 11.1 Å². The van der Waals surface area contributed by atoms with Crippen molar-refractivity contribution in [1.82, 2.24) is 10.6 Å². The van der Waals surface area contributed by atoms with E-state index in [0.29, 0.717) is 0 Å². The first-order valence-electron chi connectivity index (χ1n) is 10.9. The Balaban J connectivity index is 1.52. The van der Waals surface area contributed by atoms with E-state index in [2.05, 4.69) is 34.9 Å². The summed E-state index contributed by atoms with van der Waals surface area (Å²) in [4.78, 5) is 35.6. The molecule has 1 aliphatic carbocycles. The molecule has 1 aliphatic rings. The Morgan fingerprint density at radius 3 is 2.00 bits per heavy atom. The molecule has 0 radical (unpaired) electrons. The van der Waals surface area contributed by atoms with Crippen molar-refractivity contribution in [2.45, 2.75) is 51.6 Å². The Morgan fingerprint density at radius 2 is 1.47 bits per heavy atom. The quantitative estimate of drug-likeness (QED) is 0.550. The highest BCUT2D eigenvalue weighted by Crippen LogP contribution is 2.44. The Kier molecular flexibility index (Phi) is 7.51. The lowest BCUT2D eigenvalue weighted by Gasteiger charge is -2.22. The summed E-state index contributed by atoms with van der Waals surface area (Å²) in [7, 11) is 0. The Morgan fingerprint density at radius 1 is 0.906 bits per heavy atom. The van der Waals surface area contributed by atoms with E-state index in [1.165, 1.54) is 0 Å². The lowest BCUT2D eigenvalue weighted by molar-refractivity contribution is -0.138. The first kappa shape index (κ1) is 23.3. The number of carbonyl (C=O) groups is 3. The summed E-state index contributed by atoms with van der Waals surface area (Å²) < 4.78 is 5.50. The molecule has 7 heteroatoms. The third-order valence-electron chi connectivity index (χ3n) is 5.75. The van der Waals surface area contributed by atoms with Crippen LogP contribution in [0.2, 0.25) is 0 Å². The van der Waals surface area contributed by atoms with E-state index in [4.69, 9.17) is 9.84 Å². The van der Waals surface area contributed by atoms with Gasteiger partial charge in [0.25, 0.3) is 0 Å². The lowest BCUT2D eigenvalue weighted by atomic mass is 9.98. The minimum Gasteiger partial charge on any atom is -0.481 e. The van der Waals surface area contributed by atoms with E-state index in [0.717, 1.165) is 22.3 Å². The topological polar surface area (TPSA) is 105 Å². The molecular weight excluding hydrogens is 408 g/mol. The molecule has 0 saturated heterocycles. The number of benzene rings is 2. The van der Waals surface area contributed by atoms with Crippen LogP contribution in [0.3, 0.4) is 0 Å². The van der Waals surface area contributed by atoms with Crippen molar-refractivity contribution in [3.63, 3.8) is 0 Å². The van der Waals surface area contributed by atoms with E-state index in [9.17, 15) is 14.4 Å². The maximum absolute atomic E-state index is 12.3. The van der Waals surface area contributed by atoms with Gasteiger partial charge in [-0.1, -0.05) is 62.4 Å². The fourth-order valence-corrected chi connectivity index (χ4v) is 4.08. The van der Waals surface area contributed by atoms with E-state index in [1.807, 2.05) is 38.1 Å². The van der Waals surface area contributed by atoms with Gasteiger partial charge in [0.15, 0.2) is 0 Å². The van der Waals surface area contributed by atoms with Crippen molar-refractivity contribution < 1.29 is 24.2 Å². The normalized spacial score (nSPS) is 14.2. The first-order valence-corrected chi connectivity index (χ1v) is 10.9. The molecule has 3 N–H and O–H groups in total. The molecule has 2 atom stereocenters. The van der Waals surface area contributed by atoms with Crippen LogP contribution >= 0.6 is 0 Å². The second kappa shape index (κ2) is 10.3. The maximum Gasteiger partial charge on any atom is 0.407 e. The van der Waals surface area contributed by atoms with E-state index in [1.54, 1.807) is 6.92 Å². The number of ether oxygens (including phenoxy) is 1. The molecule has 170 valence electrons. The third-order valence-corrected chi connectivity index (χ3v) is 5.75. The summed E-state index contributed by atoms with van der Waals surface area (Å²) in [6.45, 7) is 5.62. The van der Waals surface area contributed by atoms with Gasteiger partial charge in [0, 0.05) is 24.4 Å². The molecule has 0 aromatic heterocycles. The number of rotatable bonds is 9. The number of carboxylic acids is 1. The fraction of sp³-hybridized carbons (Fsp3) is 0.400. The summed E-state index contributed by atoms with van der Waals surface area (Å²) in [5, 5.41) is 14.4. The zero-order valence-electron chi connectivity index (χ0n) is 18.6. The molecule has 0 saturated carbocycles. The highest BCUT2D eigenvalue weighted by Gasteiger charge is 2.29. The van der Waals surface area contributed by atoms with Crippen LogP contribution in [-0.4, -0.2) is 41.8 Å². The average molecular weight is 439 g/mol. The second-order valence-corrected chi connectivity index (χ2v) is 8.59. The smallest absolute Gasteiger partial charge is 0.407 e.